The monoisotopic (exact) mass is 260 g/mol. The maximum atomic E-state index is 4.54. The predicted octanol–water partition coefficient (Wildman–Crippen LogP) is 3.52. The summed E-state index contributed by atoms with van der Waals surface area (Å²) in [7, 11) is 2.01. The molecule has 0 spiro atoms. The van der Waals surface area contributed by atoms with Crippen molar-refractivity contribution < 1.29 is 0 Å². The van der Waals surface area contributed by atoms with Crippen LogP contribution in [0.25, 0.3) is 0 Å². The van der Waals surface area contributed by atoms with Gasteiger partial charge in [0.25, 0.3) is 0 Å². The molecule has 1 aromatic heterocycles. The van der Waals surface area contributed by atoms with Crippen molar-refractivity contribution in [2.45, 2.75) is 32.7 Å². The molecule has 2 nitrogen and oxygen atoms in total. The smallest absolute Gasteiger partial charge is 0.0897 e. The highest BCUT2D eigenvalue weighted by Gasteiger charge is 2.11. The fourth-order valence-corrected chi connectivity index (χ4v) is 2.71. The normalized spacial score (nSPS) is 12.6. The molecule has 0 aliphatic carbocycles. The van der Waals surface area contributed by atoms with Crippen molar-refractivity contribution in [1.29, 1.82) is 0 Å². The number of benzene rings is 1. The van der Waals surface area contributed by atoms with Crippen LogP contribution in [0.4, 0.5) is 0 Å². The van der Waals surface area contributed by atoms with Crippen molar-refractivity contribution in [3.63, 3.8) is 0 Å². The number of aromatic nitrogens is 1. The van der Waals surface area contributed by atoms with E-state index in [1.807, 2.05) is 7.05 Å². The van der Waals surface area contributed by atoms with Crippen molar-refractivity contribution in [2.24, 2.45) is 0 Å². The Labute approximate surface area is 113 Å². The van der Waals surface area contributed by atoms with Gasteiger partial charge in [-0.3, -0.25) is 0 Å². The average molecular weight is 260 g/mol. The van der Waals surface area contributed by atoms with E-state index in [2.05, 4.69) is 53.8 Å². The minimum absolute atomic E-state index is 0.345. The Balaban J connectivity index is 2.12. The molecule has 0 bridgehead atoms. The predicted molar refractivity (Wildman–Crippen MR) is 78.2 cm³/mol. The fourth-order valence-electron chi connectivity index (χ4n) is 2.08. The van der Waals surface area contributed by atoms with Gasteiger partial charge in [-0.2, -0.15) is 0 Å². The fraction of sp³-hybridized carbons (Fsp3) is 0.400. The van der Waals surface area contributed by atoms with E-state index in [1.54, 1.807) is 11.3 Å². The summed E-state index contributed by atoms with van der Waals surface area (Å²) in [6, 6.07) is 9.22. The van der Waals surface area contributed by atoms with E-state index in [9.17, 15) is 0 Å². The molecule has 2 aromatic rings. The molecule has 1 unspecified atom stereocenters. The van der Waals surface area contributed by atoms with Gasteiger partial charge < -0.3 is 5.32 Å². The molecule has 0 saturated carbocycles. The van der Waals surface area contributed by atoms with E-state index in [-0.39, 0.29) is 0 Å². The van der Waals surface area contributed by atoms with E-state index in [1.165, 1.54) is 16.8 Å². The molecule has 1 atom stereocenters. The van der Waals surface area contributed by atoms with Crippen molar-refractivity contribution >= 4 is 11.3 Å². The highest BCUT2D eigenvalue weighted by Crippen LogP contribution is 2.20. The van der Waals surface area contributed by atoms with Gasteiger partial charge in [0.1, 0.15) is 0 Å². The summed E-state index contributed by atoms with van der Waals surface area (Å²) >= 11 is 1.72. The highest BCUT2D eigenvalue weighted by molar-refractivity contribution is 7.09. The summed E-state index contributed by atoms with van der Waals surface area (Å²) in [5.41, 5.74) is 3.90. The number of nitrogens with one attached hydrogen (secondary N) is 1. The van der Waals surface area contributed by atoms with Crippen molar-refractivity contribution in [2.75, 3.05) is 7.05 Å². The first kappa shape index (κ1) is 13.2. The Morgan fingerprint density at radius 1 is 1.28 bits per heavy atom. The highest BCUT2D eigenvalue weighted by atomic mass is 32.1. The second-order valence-corrected chi connectivity index (χ2v) is 5.56. The third-order valence-corrected chi connectivity index (χ3v) is 4.04. The number of nitrogens with zero attached hydrogens (tertiary/aromatic N) is 1. The molecule has 0 aliphatic heterocycles. The average Bonchev–Trinajstić information content (AvgIpc) is 2.82. The number of hydrogen-bond donors (Lipinski definition) is 1. The zero-order valence-corrected chi connectivity index (χ0v) is 12.1. The third kappa shape index (κ3) is 3.18. The second-order valence-electron chi connectivity index (χ2n) is 4.50. The lowest BCUT2D eigenvalue weighted by Crippen LogP contribution is -2.19. The van der Waals surface area contributed by atoms with Crippen LogP contribution in [0.1, 0.15) is 34.8 Å². The van der Waals surface area contributed by atoms with Crippen LogP contribution in [0.3, 0.4) is 0 Å². The molecule has 1 aromatic carbocycles. The van der Waals surface area contributed by atoms with Crippen LogP contribution in [0.5, 0.6) is 0 Å². The van der Waals surface area contributed by atoms with Gasteiger partial charge in [0.05, 0.1) is 10.7 Å². The van der Waals surface area contributed by atoms with Crippen molar-refractivity contribution in [1.82, 2.24) is 10.3 Å². The molecule has 0 radical (unpaired) electrons. The van der Waals surface area contributed by atoms with Gasteiger partial charge >= 0.3 is 0 Å². The van der Waals surface area contributed by atoms with Gasteiger partial charge in [0.2, 0.25) is 0 Å². The number of rotatable bonds is 5. The number of aryl methyl sites for hydroxylation is 2. The van der Waals surface area contributed by atoms with Crippen molar-refractivity contribution in [3.8, 4) is 0 Å². The summed E-state index contributed by atoms with van der Waals surface area (Å²) in [5.74, 6) is 0. The van der Waals surface area contributed by atoms with Gasteiger partial charge in [0, 0.05) is 17.8 Å². The van der Waals surface area contributed by atoms with Crippen molar-refractivity contribution in [3.05, 3.63) is 51.5 Å². The topological polar surface area (TPSA) is 24.9 Å². The van der Waals surface area contributed by atoms with Crippen LogP contribution in [-0.4, -0.2) is 12.0 Å². The SMILES string of the molecule is CCc1ccc(C(Cc2csc(C)n2)NC)cc1. The Morgan fingerprint density at radius 2 is 2.00 bits per heavy atom. The summed E-state index contributed by atoms with van der Waals surface area (Å²) in [6.07, 6.45) is 2.04. The largest absolute Gasteiger partial charge is 0.313 e. The lowest BCUT2D eigenvalue weighted by atomic mass is 10.0. The van der Waals surface area contributed by atoms with Gasteiger partial charge in [-0.05, 0) is 31.5 Å². The van der Waals surface area contributed by atoms with Gasteiger partial charge in [-0.25, -0.2) is 4.98 Å². The first-order valence-corrected chi connectivity index (χ1v) is 7.28. The summed E-state index contributed by atoms with van der Waals surface area (Å²) < 4.78 is 0. The van der Waals surface area contributed by atoms with E-state index < -0.39 is 0 Å². The van der Waals surface area contributed by atoms with Crippen LogP contribution in [-0.2, 0) is 12.8 Å². The zero-order valence-electron chi connectivity index (χ0n) is 11.2. The molecule has 0 aliphatic rings. The maximum Gasteiger partial charge on any atom is 0.0897 e. The van der Waals surface area contributed by atoms with Crippen LogP contribution >= 0.6 is 11.3 Å². The second kappa shape index (κ2) is 6.12. The minimum atomic E-state index is 0.345. The first-order valence-electron chi connectivity index (χ1n) is 6.40. The number of likely N-dealkylation sites (N-methyl/N-ethyl adjacent to an activating group) is 1. The zero-order chi connectivity index (χ0) is 13.0. The Hall–Kier alpha value is -1.19. The van der Waals surface area contributed by atoms with E-state index >= 15 is 0 Å². The molecular weight excluding hydrogens is 240 g/mol. The maximum absolute atomic E-state index is 4.54. The molecular formula is C15H20N2S. The lowest BCUT2D eigenvalue weighted by Gasteiger charge is -2.15. The van der Waals surface area contributed by atoms with E-state index in [4.69, 9.17) is 0 Å². The van der Waals surface area contributed by atoms with Gasteiger partial charge in [-0.15, -0.1) is 11.3 Å². The van der Waals surface area contributed by atoms with Crippen LogP contribution in [0, 0.1) is 6.92 Å². The summed E-state index contributed by atoms with van der Waals surface area (Å²) in [5, 5.41) is 6.67. The van der Waals surface area contributed by atoms with Gasteiger partial charge in [0.15, 0.2) is 0 Å². The standard InChI is InChI=1S/C15H20N2S/c1-4-12-5-7-13(8-6-12)15(16-3)9-14-10-18-11(2)17-14/h5-8,10,15-16H,4,9H2,1-3H3. The van der Waals surface area contributed by atoms with Crippen LogP contribution in [0.15, 0.2) is 29.6 Å². The minimum Gasteiger partial charge on any atom is -0.313 e. The first-order chi connectivity index (χ1) is 8.72. The lowest BCUT2D eigenvalue weighted by molar-refractivity contribution is 0.585. The Morgan fingerprint density at radius 3 is 2.50 bits per heavy atom. The molecule has 96 valence electrons. The Kier molecular flexibility index (Phi) is 4.50. The number of hydrogen-bond acceptors (Lipinski definition) is 3. The Bertz CT molecular complexity index is 487. The molecule has 1 N–H and O–H groups in total. The molecule has 0 fully saturated rings. The van der Waals surface area contributed by atoms with Crippen LogP contribution in [0.2, 0.25) is 0 Å². The molecule has 0 saturated heterocycles. The van der Waals surface area contributed by atoms with E-state index in [0.717, 1.165) is 17.8 Å². The van der Waals surface area contributed by atoms with Gasteiger partial charge in [-0.1, -0.05) is 31.2 Å². The molecule has 18 heavy (non-hydrogen) atoms. The summed E-state index contributed by atoms with van der Waals surface area (Å²) in [4.78, 5) is 4.54. The molecule has 1 heterocycles. The quantitative estimate of drug-likeness (QED) is 0.889. The summed E-state index contributed by atoms with van der Waals surface area (Å²) in [6.45, 7) is 4.24. The molecule has 2 rings (SSSR count). The third-order valence-electron chi connectivity index (χ3n) is 3.22. The number of thiazole rings is 1. The molecule has 3 heteroatoms. The van der Waals surface area contributed by atoms with E-state index in [0.29, 0.717) is 6.04 Å². The molecule has 0 amide bonds. The van der Waals surface area contributed by atoms with Crippen LogP contribution < -0.4 is 5.32 Å².